The minimum absolute atomic E-state index is 0.161. The highest BCUT2D eigenvalue weighted by Gasteiger charge is 2.16. The van der Waals surface area contributed by atoms with Crippen LogP contribution in [-0.2, 0) is 7.05 Å². The maximum absolute atomic E-state index is 4.20. The van der Waals surface area contributed by atoms with Crippen molar-refractivity contribution in [1.82, 2.24) is 24.7 Å². The second-order valence-electron chi connectivity index (χ2n) is 3.65. The number of rotatable bonds is 5. The number of hydrogen-bond acceptors (Lipinski definition) is 5. The highest BCUT2D eigenvalue weighted by molar-refractivity contribution is 7.05. The average Bonchev–Trinajstić information content (AvgIpc) is 2.91. The third kappa shape index (κ3) is 2.45. The molecule has 86 valence electrons. The summed E-state index contributed by atoms with van der Waals surface area (Å²) in [6, 6.07) is 0.161. The van der Waals surface area contributed by atoms with Gasteiger partial charge in [0.15, 0.2) is 0 Å². The van der Waals surface area contributed by atoms with Crippen molar-refractivity contribution in [2.24, 2.45) is 7.05 Å². The smallest absolute Gasteiger partial charge is 0.0734 e. The van der Waals surface area contributed by atoms with E-state index in [0.29, 0.717) is 0 Å². The number of aryl methyl sites for hydroxylation is 1. The molecule has 0 amide bonds. The minimum atomic E-state index is 0.161. The van der Waals surface area contributed by atoms with Crippen LogP contribution in [0.5, 0.6) is 0 Å². The van der Waals surface area contributed by atoms with E-state index in [2.05, 4.69) is 26.9 Å². The summed E-state index contributed by atoms with van der Waals surface area (Å²) in [6.07, 6.45) is 6.81. The first kappa shape index (κ1) is 11.2. The van der Waals surface area contributed by atoms with Crippen LogP contribution in [0.3, 0.4) is 0 Å². The van der Waals surface area contributed by atoms with E-state index in [4.69, 9.17) is 0 Å². The van der Waals surface area contributed by atoms with Crippen molar-refractivity contribution < 1.29 is 0 Å². The molecule has 1 atom stereocenters. The molecule has 2 rings (SSSR count). The number of aromatic nitrogens is 4. The van der Waals surface area contributed by atoms with E-state index >= 15 is 0 Å². The van der Waals surface area contributed by atoms with Crippen LogP contribution in [0.15, 0.2) is 18.6 Å². The van der Waals surface area contributed by atoms with Gasteiger partial charge in [0.1, 0.15) is 0 Å². The average molecular weight is 237 g/mol. The second-order valence-corrected chi connectivity index (χ2v) is 4.47. The van der Waals surface area contributed by atoms with E-state index in [1.807, 2.05) is 30.3 Å². The summed E-state index contributed by atoms with van der Waals surface area (Å²) in [5.74, 6) is 0. The summed E-state index contributed by atoms with van der Waals surface area (Å²) >= 11 is 1.42. The first-order chi connectivity index (χ1) is 7.81. The molecule has 2 heterocycles. The van der Waals surface area contributed by atoms with Gasteiger partial charge in [-0.2, -0.15) is 5.10 Å². The molecule has 0 spiro atoms. The normalized spacial score (nSPS) is 12.9. The Morgan fingerprint density at radius 3 is 2.94 bits per heavy atom. The monoisotopic (exact) mass is 237 g/mol. The van der Waals surface area contributed by atoms with Gasteiger partial charge in [-0.3, -0.25) is 4.68 Å². The van der Waals surface area contributed by atoms with Gasteiger partial charge in [0.25, 0.3) is 0 Å². The molecule has 5 nitrogen and oxygen atoms in total. The molecule has 0 aliphatic rings. The lowest BCUT2D eigenvalue weighted by atomic mass is 10.1. The second kappa shape index (κ2) is 5.18. The van der Waals surface area contributed by atoms with Crippen molar-refractivity contribution in [3.8, 4) is 0 Å². The SMILES string of the molecule is CCCNC(c1cnn(C)c1)c1cnns1. The third-order valence-electron chi connectivity index (χ3n) is 2.32. The standard InChI is InChI=1S/C10H15N5S/c1-3-4-11-10(9-6-12-14-16-9)8-5-13-15(2)7-8/h5-7,10-11H,3-4H2,1-2H3. The molecular weight excluding hydrogens is 222 g/mol. The lowest BCUT2D eigenvalue weighted by molar-refractivity contribution is 0.604. The van der Waals surface area contributed by atoms with Gasteiger partial charge in [-0.25, -0.2) is 0 Å². The first-order valence-corrected chi connectivity index (χ1v) is 6.07. The Labute approximate surface area is 98.7 Å². The maximum Gasteiger partial charge on any atom is 0.0734 e. The molecule has 1 unspecified atom stereocenters. The molecule has 6 heteroatoms. The molecule has 0 aliphatic heterocycles. The first-order valence-electron chi connectivity index (χ1n) is 5.30. The van der Waals surface area contributed by atoms with Crippen molar-refractivity contribution in [1.29, 1.82) is 0 Å². The van der Waals surface area contributed by atoms with Gasteiger partial charge in [-0.1, -0.05) is 11.4 Å². The molecule has 2 aromatic heterocycles. The molecule has 0 bridgehead atoms. The topological polar surface area (TPSA) is 55.6 Å². The predicted octanol–water partition coefficient (Wildman–Crippen LogP) is 1.36. The van der Waals surface area contributed by atoms with Gasteiger partial charge < -0.3 is 5.32 Å². The minimum Gasteiger partial charge on any atom is -0.305 e. The summed E-state index contributed by atoms with van der Waals surface area (Å²) in [5.41, 5.74) is 1.15. The molecule has 0 fully saturated rings. The van der Waals surface area contributed by atoms with Gasteiger partial charge in [-0.15, -0.1) is 5.10 Å². The van der Waals surface area contributed by atoms with Crippen LogP contribution in [0.25, 0.3) is 0 Å². The molecule has 1 N–H and O–H groups in total. The zero-order chi connectivity index (χ0) is 11.4. The van der Waals surface area contributed by atoms with Gasteiger partial charge in [0.05, 0.1) is 23.3 Å². The summed E-state index contributed by atoms with van der Waals surface area (Å²) in [7, 11) is 1.92. The van der Waals surface area contributed by atoms with E-state index in [1.54, 1.807) is 0 Å². The van der Waals surface area contributed by atoms with E-state index in [1.165, 1.54) is 11.5 Å². The van der Waals surface area contributed by atoms with E-state index in [0.717, 1.165) is 23.4 Å². The van der Waals surface area contributed by atoms with Crippen LogP contribution in [-0.4, -0.2) is 25.9 Å². The van der Waals surface area contributed by atoms with Gasteiger partial charge in [0.2, 0.25) is 0 Å². The van der Waals surface area contributed by atoms with Crippen molar-refractivity contribution in [2.75, 3.05) is 6.54 Å². The van der Waals surface area contributed by atoms with Crippen LogP contribution in [0.4, 0.5) is 0 Å². The van der Waals surface area contributed by atoms with Crippen LogP contribution >= 0.6 is 11.5 Å². The highest BCUT2D eigenvalue weighted by atomic mass is 32.1. The van der Waals surface area contributed by atoms with Crippen molar-refractivity contribution in [3.05, 3.63) is 29.0 Å². The predicted molar refractivity (Wildman–Crippen MR) is 63.3 cm³/mol. The zero-order valence-corrected chi connectivity index (χ0v) is 10.2. The third-order valence-corrected chi connectivity index (χ3v) is 3.05. The van der Waals surface area contributed by atoms with Gasteiger partial charge in [-0.05, 0) is 24.5 Å². The van der Waals surface area contributed by atoms with Crippen LogP contribution < -0.4 is 5.32 Å². The molecule has 16 heavy (non-hydrogen) atoms. The lowest BCUT2D eigenvalue weighted by Gasteiger charge is -2.13. The molecule has 0 aromatic carbocycles. The van der Waals surface area contributed by atoms with Crippen molar-refractivity contribution >= 4 is 11.5 Å². The van der Waals surface area contributed by atoms with E-state index in [9.17, 15) is 0 Å². The van der Waals surface area contributed by atoms with Crippen LogP contribution in [0.2, 0.25) is 0 Å². The maximum atomic E-state index is 4.20. The molecule has 0 radical (unpaired) electrons. The number of nitrogens with zero attached hydrogens (tertiary/aromatic N) is 4. The molecule has 0 saturated heterocycles. The van der Waals surface area contributed by atoms with E-state index in [-0.39, 0.29) is 6.04 Å². The lowest BCUT2D eigenvalue weighted by Crippen LogP contribution is -2.22. The molecule has 2 aromatic rings. The Bertz CT molecular complexity index is 422. The van der Waals surface area contributed by atoms with Crippen LogP contribution in [0.1, 0.15) is 29.8 Å². The molecule has 0 aliphatic carbocycles. The van der Waals surface area contributed by atoms with E-state index < -0.39 is 0 Å². The zero-order valence-electron chi connectivity index (χ0n) is 9.42. The summed E-state index contributed by atoms with van der Waals surface area (Å²) < 4.78 is 5.72. The number of hydrogen-bond donors (Lipinski definition) is 1. The fourth-order valence-electron chi connectivity index (χ4n) is 1.56. The Kier molecular flexibility index (Phi) is 3.63. The molecule has 0 saturated carbocycles. The van der Waals surface area contributed by atoms with Crippen molar-refractivity contribution in [2.45, 2.75) is 19.4 Å². The van der Waals surface area contributed by atoms with Crippen LogP contribution in [0, 0.1) is 0 Å². The largest absolute Gasteiger partial charge is 0.305 e. The Balaban J connectivity index is 2.21. The fraction of sp³-hybridized carbons (Fsp3) is 0.500. The summed E-state index contributed by atoms with van der Waals surface area (Å²) in [6.45, 7) is 3.12. The Morgan fingerprint density at radius 1 is 1.50 bits per heavy atom. The van der Waals surface area contributed by atoms with Gasteiger partial charge in [0, 0.05) is 18.8 Å². The Hall–Kier alpha value is -1.27. The summed E-state index contributed by atoms with van der Waals surface area (Å²) in [5, 5.41) is 11.6. The van der Waals surface area contributed by atoms with Gasteiger partial charge >= 0.3 is 0 Å². The quantitative estimate of drug-likeness (QED) is 0.853. The fourth-order valence-corrected chi connectivity index (χ4v) is 2.17. The van der Waals surface area contributed by atoms with Crippen molar-refractivity contribution in [3.63, 3.8) is 0 Å². The molecular formula is C10H15N5S. The highest BCUT2D eigenvalue weighted by Crippen LogP contribution is 2.23. The summed E-state index contributed by atoms with van der Waals surface area (Å²) in [4.78, 5) is 1.13. The Morgan fingerprint density at radius 2 is 2.38 bits per heavy atom. The number of nitrogens with one attached hydrogen (secondary N) is 1.